The molecule has 0 fully saturated rings. The zero-order valence-corrected chi connectivity index (χ0v) is 9.81. The Labute approximate surface area is 106 Å². The van der Waals surface area contributed by atoms with Crippen molar-refractivity contribution in [3.8, 4) is 0 Å². The highest BCUT2D eigenvalue weighted by Gasteiger charge is 2.34. The summed E-state index contributed by atoms with van der Waals surface area (Å²) in [6.07, 6.45) is -8.24. The highest BCUT2D eigenvalue weighted by Crippen LogP contribution is 2.35. The van der Waals surface area contributed by atoms with E-state index in [0.29, 0.717) is 6.07 Å². The number of anilines is 1. The van der Waals surface area contributed by atoms with Crippen molar-refractivity contribution in [2.75, 3.05) is 12.8 Å². The van der Waals surface area contributed by atoms with Crippen molar-refractivity contribution in [2.45, 2.75) is 18.4 Å². The number of alkyl halides is 3. The second kappa shape index (κ2) is 5.45. The Morgan fingerprint density at radius 1 is 1.37 bits per heavy atom. The van der Waals surface area contributed by atoms with Gasteiger partial charge in [-0.15, -0.1) is 0 Å². The molecule has 0 saturated carbocycles. The molecule has 0 aliphatic rings. The molecule has 1 aromatic rings. The van der Waals surface area contributed by atoms with E-state index in [2.05, 4.69) is 4.74 Å². The normalized spacial score (nSPS) is 14.8. The molecular formula is C11H12F3NO4. The quantitative estimate of drug-likeness (QED) is 0.563. The van der Waals surface area contributed by atoms with Crippen molar-refractivity contribution in [2.24, 2.45) is 0 Å². The summed E-state index contributed by atoms with van der Waals surface area (Å²) < 4.78 is 41.6. The van der Waals surface area contributed by atoms with E-state index >= 15 is 0 Å². The molecule has 0 aliphatic carbocycles. The first kappa shape index (κ1) is 15.3. The summed E-state index contributed by atoms with van der Waals surface area (Å²) in [5.41, 5.74) is 3.43. The number of aliphatic hydroxyl groups excluding tert-OH is 2. The lowest BCUT2D eigenvalue weighted by Gasteiger charge is -2.18. The first-order valence-corrected chi connectivity index (χ1v) is 5.09. The van der Waals surface area contributed by atoms with E-state index in [9.17, 15) is 28.2 Å². The summed E-state index contributed by atoms with van der Waals surface area (Å²) in [6.45, 7) is 0. The van der Waals surface area contributed by atoms with E-state index in [-0.39, 0.29) is 5.56 Å². The number of benzene rings is 1. The molecule has 19 heavy (non-hydrogen) atoms. The first-order valence-electron chi connectivity index (χ1n) is 5.09. The average molecular weight is 279 g/mol. The molecule has 0 aromatic heterocycles. The average Bonchev–Trinajstić information content (AvgIpc) is 2.34. The summed E-state index contributed by atoms with van der Waals surface area (Å²) in [5.74, 6) is -1.11. The van der Waals surface area contributed by atoms with Crippen LogP contribution in [-0.2, 0) is 15.7 Å². The van der Waals surface area contributed by atoms with Crippen molar-refractivity contribution < 1.29 is 32.9 Å². The minimum absolute atomic E-state index is 0.122. The largest absolute Gasteiger partial charge is 0.467 e. The molecule has 0 spiro atoms. The highest BCUT2D eigenvalue weighted by molar-refractivity contribution is 5.75. The van der Waals surface area contributed by atoms with E-state index in [0.717, 1.165) is 19.2 Å². The molecule has 0 radical (unpaired) electrons. The van der Waals surface area contributed by atoms with Crippen molar-refractivity contribution in [3.63, 3.8) is 0 Å². The highest BCUT2D eigenvalue weighted by atomic mass is 19.4. The number of nitrogen functional groups attached to an aromatic ring is 1. The van der Waals surface area contributed by atoms with Gasteiger partial charge < -0.3 is 20.7 Å². The van der Waals surface area contributed by atoms with Gasteiger partial charge in [0.05, 0.1) is 12.7 Å². The molecule has 2 unspecified atom stereocenters. The monoisotopic (exact) mass is 279 g/mol. The van der Waals surface area contributed by atoms with Crippen LogP contribution in [0.2, 0.25) is 0 Å². The van der Waals surface area contributed by atoms with Gasteiger partial charge in [0, 0.05) is 5.69 Å². The second-order valence-electron chi connectivity index (χ2n) is 3.76. The third-order valence-corrected chi connectivity index (χ3v) is 2.46. The Morgan fingerprint density at radius 2 is 1.95 bits per heavy atom. The predicted octanol–water partition coefficient (Wildman–Crippen LogP) is 0.855. The summed E-state index contributed by atoms with van der Waals surface area (Å²) in [5, 5.41) is 19.0. The summed E-state index contributed by atoms with van der Waals surface area (Å²) in [4.78, 5) is 11.0. The third-order valence-electron chi connectivity index (χ3n) is 2.46. The van der Waals surface area contributed by atoms with Crippen LogP contribution >= 0.6 is 0 Å². The topological polar surface area (TPSA) is 92.8 Å². The van der Waals surface area contributed by atoms with Gasteiger partial charge >= 0.3 is 12.1 Å². The van der Waals surface area contributed by atoms with E-state index < -0.39 is 35.6 Å². The summed E-state index contributed by atoms with van der Waals surface area (Å²) in [6, 6.07) is 2.44. The molecule has 5 nitrogen and oxygen atoms in total. The number of hydrogen-bond donors (Lipinski definition) is 3. The lowest BCUT2D eigenvalue weighted by molar-refractivity contribution is -0.156. The van der Waals surface area contributed by atoms with Crippen molar-refractivity contribution in [1.82, 2.24) is 0 Å². The van der Waals surface area contributed by atoms with Gasteiger partial charge in [-0.2, -0.15) is 13.2 Å². The van der Waals surface area contributed by atoms with Crippen LogP contribution in [0.25, 0.3) is 0 Å². The number of carbonyl (C=O) groups is 1. The Hall–Kier alpha value is -1.80. The molecule has 8 heteroatoms. The fourth-order valence-corrected chi connectivity index (χ4v) is 1.46. The molecule has 0 saturated heterocycles. The zero-order chi connectivity index (χ0) is 14.8. The number of esters is 1. The fourth-order valence-electron chi connectivity index (χ4n) is 1.46. The molecule has 0 bridgehead atoms. The molecule has 2 atom stereocenters. The molecule has 0 amide bonds. The van der Waals surface area contributed by atoms with Gasteiger partial charge in [-0.3, -0.25) is 0 Å². The predicted molar refractivity (Wildman–Crippen MR) is 58.8 cm³/mol. The van der Waals surface area contributed by atoms with Gasteiger partial charge in [-0.05, 0) is 17.7 Å². The number of ether oxygens (including phenoxy) is 1. The van der Waals surface area contributed by atoms with Crippen LogP contribution in [-0.4, -0.2) is 29.4 Å². The van der Waals surface area contributed by atoms with E-state index in [1.165, 1.54) is 0 Å². The minimum atomic E-state index is -4.62. The van der Waals surface area contributed by atoms with Crippen molar-refractivity contribution >= 4 is 11.7 Å². The number of halogens is 3. The van der Waals surface area contributed by atoms with Crippen molar-refractivity contribution in [3.05, 3.63) is 29.3 Å². The van der Waals surface area contributed by atoms with E-state index in [1.54, 1.807) is 0 Å². The van der Waals surface area contributed by atoms with Gasteiger partial charge in [-0.25, -0.2) is 4.79 Å². The number of aliphatic hydroxyl groups is 2. The second-order valence-corrected chi connectivity index (χ2v) is 3.76. The number of hydrogen-bond acceptors (Lipinski definition) is 5. The Balaban J connectivity index is 3.04. The van der Waals surface area contributed by atoms with Gasteiger partial charge in [-0.1, -0.05) is 6.07 Å². The summed E-state index contributed by atoms with van der Waals surface area (Å²) >= 11 is 0. The van der Waals surface area contributed by atoms with Crippen LogP contribution in [0.5, 0.6) is 0 Å². The van der Waals surface area contributed by atoms with E-state index in [1.807, 2.05) is 0 Å². The molecule has 0 heterocycles. The van der Waals surface area contributed by atoms with Crippen LogP contribution in [0.3, 0.4) is 0 Å². The molecule has 1 rings (SSSR count). The number of rotatable bonds is 3. The zero-order valence-electron chi connectivity index (χ0n) is 9.81. The van der Waals surface area contributed by atoms with Crippen LogP contribution in [0.1, 0.15) is 17.2 Å². The maximum atomic E-state index is 12.5. The maximum absolute atomic E-state index is 12.5. The lowest BCUT2D eigenvalue weighted by Crippen LogP contribution is -2.29. The standard InChI is InChI=1S/C11H12F3NO4/c1-19-10(18)9(17)8(16)5-2-3-6(7(15)4-5)11(12,13)14/h2-4,8-9,16-17H,15H2,1H3. The minimum Gasteiger partial charge on any atom is -0.467 e. The molecule has 0 aliphatic heterocycles. The maximum Gasteiger partial charge on any atom is 0.418 e. The van der Waals surface area contributed by atoms with Crippen LogP contribution in [0.15, 0.2) is 18.2 Å². The van der Waals surface area contributed by atoms with Gasteiger partial charge in [0.1, 0.15) is 6.10 Å². The number of methoxy groups -OCH3 is 1. The number of carbonyl (C=O) groups excluding carboxylic acids is 1. The van der Waals surface area contributed by atoms with E-state index in [4.69, 9.17) is 5.73 Å². The molecule has 106 valence electrons. The van der Waals surface area contributed by atoms with Gasteiger partial charge in [0.2, 0.25) is 0 Å². The lowest BCUT2D eigenvalue weighted by atomic mass is 10.0. The molecule has 4 N–H and O–H groups in total. The Bertz CT molecular complexity index is 475. The van der Waals surface area contributed by atoms with Crippen molar-refractivity contribution in [1.29, 1.82) is 0 Å². The SMILES string of the molecule is COC(=O)C(O)C(O)c1ccc(C(F)(F)F)c(N)c1. The number of nitrogens with two attached hydrogens (primary N) is 1. The smallest absolute Gasteiger partial charge is 0.418 e. The fraction of sp³-hybridized carbons (Fsp3) is 0.364. The molecule has 1 aromatic carbocycles. The van der Waals surface area contributed by atoms with Gasteiger partial charge in [0.15, 0.2) is 6.10 Å². The van der Waals surface area contributed by atoms with Crippen LogP contribution in [0.4, 0.5) is 18.9 Å². The third kappa shape index (κ3) is 3.36. The summed E-state index contributed by atoms with van der Waals surface area (Å²) in [7, 11) is 0.999. The van der Waals surface area contributed by atoms with Crippen LogP contribution in [0, 0.1) is 0 Å². The Morgan fingerprint density at radius 3 is 2.37 bits per heavy atom. The molecular weight excluding hydrogens is 267 g/mol. The van der Waals surface area contributed by atoms with Gasteiger partial charge in [0.25, 0.3) is 0 Å². The van der Waals surface area contributed by atoms with Crippen LogP contribution < -0.4 is 5.73 Å². The first-order chi connectivity index (χ1) is 8.68. The Kier molecular flexibility index (Phi) is 4.38.